The molecule has 0 radical (unpaired) electrons. The largest absolute Gasteiger partial charge is 0.161 e. The molecule has 0 unspecified atom stereocenters. The summed E-state index contributed by atoms with van der Waals surface area (Å²) in [6.07, 6.45) is 2.12. The van der Waals surface area contributed by atoms with E-state index in [1.807, 2.05) is 11.8 Å². The van der Waals surface area contributed by atoms with Crippen LogP contribution in [0.3, 0.4) is 0 Å². The molecule has 0 saturated heterocycles. The summed E-state index contributed by atoms with van der Waals surface area (Å²) in [6, 6.07) is 6.51. The normalized spacial score (nSPS) is 10.1. The van der Waals surface area contributed by atoms with Crippen LogP contribution in [0, 0.1) is 6.92 Å². The molecule has 0 heterocycles. The van der Waals surface area contributed by atoms with E-state index in [9.17, 15) is 0 Å². The second kappa shape index (κ2) is 4.17. The zero-order chi connectivity index (χ0) is 8.27. The van der Waals surface area contributed by atoms with Gasteiger partial charge in [-0.25, -0.2) is 0 Å². The predicted molar refractivity (Wildman–Crippen MR) is 56.1 cm³/mol. The van der Waals surface area contributed by atoms with E-state index in [0.717, 1.165) is 5.75 Å². The van der Waals surface area contributed by atoms with Crippen molar-refractivity contribution < 1.29 is 0 Å². The van der Waals surface area contributed by atoms with Gasteiger partial charge in [-0.3, -0.25) is 0 Å². The predicted octanol–water partition coefficient (Wildman–Crippen LogP) is 3.62. The van der Waals surface area contributed by atoms with Gasteiger partial charge in [0.25, 0.3) is 0 Å². The van der Waals surface area contributed by atoms with E-state index in [-0.39, 0.29) is 0 Å². The molecule has 0 N–H and O–H groups in total. The molecule has 1 rings (SSSR count). The lowest BCUT2D eigenvalue weighted by atomic mass is 10.2. The number of benzene rings is 1. The Hall–Kier alpha value is 0.0500. The van der Waals surface area contributed by atoms with E-state index in [0.29, 0.717) is 0 Å². The minimum absolute atomic E-state index is 1.10. The second-order valence-electron chi connectivity index (χ2n) is 2.52. The van der Waals surface area contributed by atoms with Gasteiger partial charge in [-0.1, -0.05) is 28.1 Å². The third-order valence-corrected chi connectivity index (χ3v) is 3.02. The van der Waals surface area contributed by atoms with Gasteiger partial charge in [0, 0.05) is 10.2 Å². The summed E-state index contributed by atoms with van der Waals surface area (Å²) in [6.45, 7) is 2.10. The molecule has 11 heavy (non-hydrogen) atoms. The highest BCUT2D eigenvalue weighted by atomic mass is 79.9. The monoisotopic (exact) mass is 230 g/mol. The van der Waals surface area contributed by atoms with Gasteiger partial charge in [0.05, 0.1) is 0 Å². The summed E-state index contributed by atoms with van der Waals surface area (Å²) in [5.74, 6) is 1.10. The van der Waals surface area contributed by atoms with Crippen LogP contribution in [0.1, 0.15) is 11.1 Å². The third-order valence-electron chi connectivity index (χ3n) is 1.55. The SMILES string of the molecule is CSCc1ccc(C)c(Br)c1. The summed E-state index contributed by atoms with van der Waals surface area (Å²) in [5.41, 5.74) is 2.69. The lowest BCUT2D eigenvalue weighted by molar-refractivity contribution is 1.34. The van der Waals surface area contributed by atoms with Crippen LogP contribution in [0.5, 0.6) is 0 Å². The molecule has 1 aromatic carbocycles. The van der Waals surface area contributed by atoms with Gasteiger partial charge in [0.15, 0.2) is 0 Å². The number of rotatable bonds is 2. The van der Waals surface area contributed by atoms with Crippen molar-refractivity contribution in [3.8, 4) is 0 Å². The molecule has 0 aliphatic rings. The van der Waals surface area contributed by atoms with Crippen LogP contribution in [-0.2, 0) is 5.75 Å². The van der Waals surface area contributed by atoms with Gasteiger partial charge in [-0.2, -0.15) is 11.8 Å². The van der Waals surface area contributed by atoms with Crippen molar-refractivity contribution >= 4 is 27.7 Å². The first-order chi connectivity index (χ1) is 5.24. The van der Waals surface area contributed by atoms with Crippen molar-refractivity contribution in [2.75, 3.05) is 6.26 Å². The molecule has 0 aromatic heterocycles. The van der Waals surface area contributed by atoms with Gasteiger partial charge in [-0.05, 0) is 30.4 Å². The Kier molecular flexibility index (Phi) is 3.46. The molecule has 60 valence electrons. The summed E-state index contributed by atoms with van der Waals surface area (Å²) >= 11 is 5.36. The third kappa shape index (κ3) is 2.53. The Labute approximate surface area is 80.5 Å². The molecule has 0 aliphatic carbocycles. The van der Waals surface area contributed by atoms with Crippen molar-refractivity contribution in [3.63, 3.8) is 0 Å². The molecule has 0 saturated carbocycles. The molecular weight excluding hydrogens is 220 g/mol. The number of thioether (sulfide) groups is 1. The van der Waals surface area contributed by atoms with Crippen LogP contribution in [0.25, 0.3) is 0 Å². The summed E-state index contributed by atoms with van der Waals surface area (Å²) in [5, 5.41) is 0. The number of halogens is 1. The maximum absolute atomic E-state index is 3.51. The van der Waals surface area contributed by atoms with E-state index in [2.05, 4.69) is 47.3 Å². The topological polar surface area (TPSA) is 0 Å². The Balaban J connectivity index is 2.86. The van der Waals surface area contributed by atoms with Gasteiger partial charge < -0.3 is 0 Å². The molecule has 0 fully saturated rings. The maximum Gasteiger partial charge on any atom is 0.0207 e. The number of aryl methyl sites for hydroxylation is 1. The summed E-state index contributed by atoms with van der Waals surface area (Å²) in [4.78, 5) is 0. The summed E-state index contributed by atoms with van der Waals surface area (Å²) in [7, 11) is 0. The Morgan fingerprint density at radius 1 is 1.45 bits per heavy atom. The number of hydrogen-bond acceptors (Lipinski definition) is 1. The average Bonchev–Trinajstić information content (AvgIpc) is 1.98. The average molecular weight is 231 g/mol. The number of hydrogen-bond donors (Lipinski definition) is 0. The maximum atomic E-state index is 3.51. The standard InChI is InChI=1S/C9H11BrS/c1-7-3-4-8(6-11-2)5-9(7)10/h3-5H,6H2,1-2H3. The zero-order valence-electron chi connectivity index (χ0n) is 6.73. The quantitative estimate of drug-likeness (QED) is 0.749. The van der Waals surface area contributed by atoms with E-state index in [1.54, 1.807) is 0 Å². The van der Waals surface area contributed by atoms with Crippen LogP contribution in [0.4, 0.5) is 0 Å². The first-order valence-electron chi connectivity index (χ1n) is 3.48. The van der Waals surface area contributed by atoms with Crippen molar-refractivity contribution in [1.82, 2.24) is 0 Å². The second-order valence-corrected chi connectivity index (χ2v) is 4.24. The van der Waals surface area contributed by atoms with E-state index in [4.69, 9.17) is 0 Å². The van der Waals surface area contributed by atoms with Crippen LogP contribution in [0.15, 0.2) is 22.7 Å². The molecular formula is C9H11BrS. The van der Waals surface area contributed by atoms with Crippen molar-refractivity contribution in [2.45, 2.75) is 12.7 Å². The Bertz CT molecular complexity index is 245. The fraction of sp³-hybridized carbons (Fsp3) is 0.333. The molecule has 0 bridgehead atoms. The minimum atomic E-state index is 1.10. The van der Waals surface area contributed by atoms with Crippen molar-refractivity contribution in [3.05, 3.63) is 33.8 Å². The molecule has 0 spiro atoms. The first-order valence-corrected chi connectivity index (χ1v) is 5.66. The molecule has 0 atom stereocenters. The molecule has 0 amide bonds. The fourth-order valence-corrected chi connectivity index (χ4v) is 1.83. The molecule has 0 nitrogen and oxygen atoms in total. The highest BCUT2D eigenvalue weighted by molar-refractivity contribution is 9.10. The van der Waals surface area contributed by atoms with E-state index in [1.165, 1.54) is 15.6 Å². The highest BCUT2D eigenvalue weighted by Gasteiger charge is 1.95. The fourth-order valence-electron chi connectivity index (χ4n) is 0.893. The van der Waals surface area contributed by atoms with E-state index >= 15 is 0 Å². The van der Waals surface area contributed by atoms with Crippen LogP contribution in [0.2, 0.25) is 0 Å². The molecule has 0 aliphatic heterocycles. The summed E-state index contributed by atoms with van der Waals surface area (Å²) < 4.78 is 1.21. The Morgan fingerprint density at radius 3 is 2.73 bits per heavy atom. The lowest BCUT2D eigenvalue weighted by Gasteiger charge is -2.01. The smallest absolute Gasteiger partial charge is 0.0207 e. The van der Waals surface area contributed by atoms with Crippen molar-refractivity contribution in [1.29, 1.82) is 0 Å². The lowest BCUT2D eigenvalue weighted by Crippen LogP contribution is -1.81. The van der Waals surface area contributed by atoms with Crippen LogP contribution < -0.4 is 0 Å². The molecule has 1 aromatic rings. The van der Waals surface area contributed by atoms with Gasteiger partial charge in [0.1, 0.15) is 0 Å². The van der Waals surface area contributed by atoms with Gasteiger partial charge >= 0.3 is 0 Å². The van der Waals surface area contributed by atoms with E-state index < -0.39 is 0 Å². The van der Waals surface area contributed by atoms with Crippen LogP contribution in [-0.4, -0.2) is 6.26 Å². The minimum Gasteiger partial charge on any atom is -0.161 e. The van der Waals surface area contributed by atoms with Crippen LogP contribution >= 0.6 is 27.7 Å². The highest BCUT2D eigenvalue weighted by Crippen LogP contribution is 2.19. The molecule has 2 heteroatoms. The van der Waals surface area contributed by atoms with Gasteiger partial charge in [0.2, 0.25) is 0 Å². The first kappa shape index (κ1) is 9.14. The Morgan fingerprint density at radius 2 is 2.18 bits per heavy atom. The zero-order valence-corrected chi connectivity index (χ0v) is 9.13. The van der Waals surface area contributed by atoms with Gasteiger partial charge in [-0.15, -0.1) is 0 Å². The van der Waals surface area contributed by atoms with Crippen molar-refractivity contribution in [2.24, 2.45) is 0 Å².